The second-order valence-corrected chi connectivity index (χ2v) is 3.92. The molecular weight excluding hydrogens is 251 g/mol. The van der Waals surface area contributed by atoms with Crippen LogP contribution in [0.2, 0.25) is 0 Å². The van der Waals surface area contributed by atoms with Crippen molar-refractivity contribution in [3.05, 3.63) is 29.1 Å². The van der Waals surface area contributed by atoms with E-state index in [2.05, 4.69) is 0 Å². The first-order chi connectivity index (χ1) is 8.25. The molecule has 4 nitrogen and oxygen atoms in total. The zero-order valence-corrected chi connectivity index (χ0v) is 9.75. The highest BCUT2D eigenvalue weighted by Gasteiger charge is 2.24. The van der Waals surface area contributed by atoms with Crippen LogP contribution in [0.1, 0.15) is 17.3 Å². The van der Waals surface area contributed by atoms with Crippen LogP contribution in [-0.4, -0.2) is 40.7 Å². The lowest BCUT2D eigenvalue weighted by Crippen LogP contribution is -2.33. The largest absolute Gasteiger partial charge is 0.503 e. The second-order valence-electron chi connectivity index (χ2n) is 3.92. The van der Waals surface area contributed by atoms with E-state index in [0.29, 0.717) is 6.07 Å². The van der Waals surface area contributed by atoms with Crippen LogP contribution in [0.25, 0.3) is 0 Å². The number of rotatable bonds is 3. The summed E-state index contributed by atoms with van der Waals surface area (Å²) in [5.41, 5.74) is -0.797. The molecule has 0 aliphatic heterocycles. The Morgan fingerprint density at radius 1 is 1.39 bits per heavy atom. The summed E-state index contributed by atoms with van der Waals surface area (Å²) in [6.07, 6.45) is -0.860. The number of amides is 1. The van der Waals surface area contributed by atoms with Crippen molar-refractivity contribution in [2.24, 2.45) is 0 Å². The summed E-state index contributed by atoms with van der Waals surface area (Å²) in [6.45, 7) is 1.29. The average molecular weight is 263 g/mol. The van der Waals surface area contributed by atoms with Gasteiger partial charge in [-0.15, -0.1) is 0 Å². The molecule has 1 unspecified atom stereocenters. The summed E-state index contributed by atoms with van der Waals surface area (Å²) < 4.78 is 39.2. The van der Waals surface area contributed by atoms with Gasteiger partial charge in [-0.3, -0.25) is 4.79 Å². The van der Waals surface area contributed by atoms with Gasteiger partial charge in [-0.05, 0) is 13.0 Å². The molecule has 1 atom stereocenters. The number of benzene rings is 1. The van der Waals surface area contributed by atoms with E-state index >= 15 is 0 Å². The van der Waals surface area contributed by atoms with E-state index in [1.807, 2.05) is 0 Å². The SMILES string of the molecule is CC(O)CN(C)C(=O)c1cc(F)c(F)c(O)c1F. The van der Waals surface area contributed by atoms with E-state index in [1.165, 1.54) is 14.0 Å². The Bertz CT molecular complexity index is 477. The van der Waals surface area contributed by atoms with Crippen molar-refractivity contribution in [1.29, 1.82) is 0 Å². The van der Waals surface area contributed by atoms with E-state index in [0.717, 1.165) is 4.90 Å². The second kappa shape index (κ2) is 5.26. The van der Waals surface area contributed by atoms with Gasteiger partial charge in [0, 0.05) is 13.6 Å². The highest BCUT2D eigenvalue weighted by molar-refractivity contribution is 5.94. The Hall–Kier alpha value is -1.76. The Morgan fingerprint density at radius 3 is 2.44 bits per heavy atom. The van der Waals surface area contributed by atoms with Gasteiger partial charge in [-0.2, -0.15) is 4.39 Å². The van der Waals surface area contributed by atoms with Gasteiger partial charge in [0.1, 0.15) is 0 Å². The molecule has 0 aliphatic rings. The van der Waals surface area contributed by atoms with E-state index in [-0.39, 0.29) is 6.54 Å². The minimum atomic E-state index is -1.75. The molecule has 0 saturated carbocycles. The van der Waals surface area contributed by atoms with Gasteiger partial charge >= 0.3 is 0 Å². The number of likely N-dealkylation sites (N-methyl/N-ethyl adjacent to an activating group) is 1. The number of nitrogens with zero attached hydrogens (tertiary/aromatic N) is 1. The zero-order valence-electron chi connectivity index (χ0n) is 9.75. The number of aliphatic hydroxyl groups excluding tert-OH is 1. The Morgan fingerprint density at radius 2 is 1.94 bits per heavy atom. The first-order valence-corrected chi connectivity index (χ1v) is 5.05. The zero-order chi connectivity index (χ0) is 14.0. The summed E-state index contributed by atoms with van der Waals surface area (Å²) in [5.74, 6) is -7.31. The number of hydrogen-bond acceptors (Lipinski definition) is 3. The van der Waals surface area contributed by atoms with E-state index in [4.69, 9.17) is 10.2 Å². The molecule has 0 fully saturated rings. The number of hydrogen-bond donors (Lipinski definition) is 2. The number of aliphatic hydroxyl groups is 1. The minimum absolute atomic E-state index is 0.113. The molecule has 18 heavy (non-hydrogen) atoms. The molecule has 0 radical (unpaired) electrons. The highest BCUT2D eigenvalue weighted by atomic mass is 19.2. The van der Waals surface area contributed by atoms with Crippen LogP contribution < -0.4 is 0 Å². The van der Waals surface area contributed by atoms with Crippen LogP contribution in [0.3, 0.4) is 0 Å². The van der Waals surface area contributed by atoms with Crippen LogP contribution in [0.4, 0.5) is 13.2 Å². The summed E-state index contributed by atoms with van der Waals surface area (Å²) in [7, 11) is 1.26. The van der Waals surface area contributed by atoms with Gasteiger partial charge in [-0.25, -0.2) is 8.78 Å². The molecular formula is C11H12F3NO3. The van der Waals surface area contributed by atoms with Gasteiger partial charge in [0.05, 0.1) is 11.7 Å². The van der Waals surface area contributed by atoms with Crippen LogP contribution >= 0.6 is 0 Å². The maximum absolute atomic E-state index is 13.4. The fourth-order valence-corrected chi connectivity index (χ4v) is 1.43. The Balaban J connectivity index is 3.14. The molecule has 0 spiro atoms. The van der Waals surface area contributed by atoms with Crippen LogP contribution in [0, 0.1) is 17.5 Å². The first kappa shape index (κ1) is 14.3. The molecule has 1 amide bonds. The van der Waals surface area contributed by atoms with Gasteiger partial charge in [0.25, 0.3) is 5.91 Å². The van der Waals surface area contributed by atoms with E-state index < -0.39 is 40.8 Å². The molecule has 0 saturated heterocycles. The number of carbonyl (C=O) groups is 1. The molecule has 0 heterocycles. The number of aromatic hydroxyl groups is 1. The summed E-state index contributed by atoms with van der Waals surface area (Å²) in [4.78, 5) is 12.6. The van der Waals surface area contributed by atoms with Crippen molar-refractivity contribution >= 4 is 5.91 Å². The molecule has 7 heteroatoms. The summed E-state index contributed by atoms with van der Waals surface area (Å²) in [6, 6.07) is 0.366. The van der Waals surface area contributed by atoms with E-state index in [1.54, 1.807) is 0 Å². The average Bonchev–Trinajstić information content (AvgIpc) is 2.29. The molecule has 100 valence electrons. The Kier molecular flexibility index (Phi) is 4.18. The molecule has 1 rings (SSSR count). The van der Waals surface area contributed by atoms with Crippen LogP contribution in [-0.2, 0) is 0 Å². The number of phenols is 1. The molecule has 1 aromatic carbocycles. The third-order valence-electron chi connectivity index (χ3n) is 2.25. The lowest BCUT2D eigenvalue weighted by Gasteiger charge is -2.19. The molecule has 0 aromatic heterocycles. The smallest absolute Gasteiger partial charge is 0.256 e. The third-order valence-corrected chi connectivity index (χ3v) is 2.25. The molecule has 2 N–H and O–H groups in total. The van der Waals surface area contributed by atoms with Crippen molar-refractivity contribution < 1.29 is 28.2 Å². The lowest BCUT2D eigenvalue weighted by atomic mass is 10.1. The van der Waals surface area contributed by atoms with Gasteiger partial charge < -0.3 is 15.1 Å². The normalized spacial score (nSPS) is 12.3. The van der Waals surface area contributed by atoms with E-state index in [9.17, 15) is 18.0 Å². The highest BCUT2D eigenvalue weighted by Crippen LogP contribution is 2.26. The third kappa shape index (κ3) is 2.73. The lowest BCUT2D eigenvalue weighted by molar-refractivity contribution is 0.0697. The summed E-state index contributed by atoms with van der Waals surface area (Å²) in [5, 5.41) is 18.0. The quantitative estimate of drug-likeness (QED) is 0.807. The standard InChI is InChI=1S/C11H12F3NO3/c1-5(16)4-15(2)11(18)6-3-7(12)9(14)10(17)8(6)13/h3,5,16-17H,4H2,1-2H3. The predicted octanol–water partition coefficient (Wildman–Crippen LogP) is 1.26. The fraction of sp³-hybridized carbons (Fsp3) is 0.364. The first-order valence-electron chi connectivity index (χ1n) is 5.05. The van der Waals surface area contributed by atoms with Crippen molar-refractivity contribution in [3.8, 4) is 5.75 Å². The van der Waals surface area contributed by atoms with Crippen LogP contribution in [0.15, 0.2) is 6.07 Å². The minimum Gasteiger partial charge on any atom is -0.503 e. The van der Waals surface area contributed by atoms with Crippen molar-refractivity contribution in [1.82, 2.24) is 4.90 Å². The van der Waals surface area contributed by atoms with Crippen molar-refractivity contribution in [2.75, 3.05) is 13.6 Å². The summed E-state index contributed by atoms with van der Waals surface area (Å²) >= 11 is 0. The van der Waals surface area contributed by atoms with Gasteiger partial charge in [0.2, 0.25) is 5.82 Å². The number of carbonyl (C=O) groups excluding carboxylic acids is 1. The Labute approximate surface area is 101 Å². The predicted molar refractivity (Wildman–Crippen MR) is 56.6 cm³/mol. The maximum atomic E-state index is 13.4. The molecule has 0 aliphatic carbocycles. The fourth-order valence-electron chi connectivity index (χ4n) is 1.43. The van der Waals surface area contributed by atoms with Gasteiger partial charge in [0.15, 0.2) is 17.4 Å². The number of halogens is 3. The topological polar surface area (TPSA) is 60.8 Å². The van der Waals surface area contributed by atoms with Crippen molar-refractivity contribution in [2.45, 2.75) is 13.0 Å². The van der Waals surface area contributed by atoms with Crippen LogP contribution in [0.5, 0.6) is 5.75 Å². The molecule has 1 aromatic rings. The molecule has 0 bridgehead atoms. The van der Waals surface area contributed by atoms with Gasteiger partial charge in [-0.1, -0.05) is 0 Å². The number of phenolic OH excluding ortho intramolecular Hbond substituents is 1. The van der Waals surface area contributed by atoms with Crippen molar-refractivity contribution in [3.63, 3.8) is 0 Å². The maximum Gasteiger partial charge on any atom is 0.256 e. The monoisotopic (exact) mass is 263 g/mol.